The van der Waals surface area contributed by atoms with Gasteiger partial charge in [-0.25, -0.2) is 0 Å². The molecular weight excluding hydrogens is 521 g/mol. The highest BCUT2D eigenvalue weighted by Gasteiger charge is 2.70. The maximum atomic E-state index is 14.0. The molecule has 7 atom stereocenters. The normalized spacial score (nSPS) is 32.4. The van der Waals surface area contributed by atoms with Crippen LogP contribution in [0.5, 0.6) is 0 Å². The lowest BCUT2D eigenvalue weighted by atomic mass is 9.68. The van der Waals surface area contributed by atoms with Gasteiger partial charge in [0, 0.05) is 16.1 Å². The van der Waals surface area contributed by atoms with E-state index in [1.807, 2.05) is 36.0 Å². The second-order valence-corrected chi connectivity index (χ2v) is 13.8. The Labute approximate surface area is 236 Å². The highest BCUT2D eigenvalue weighted by atomic mass is 32.2. The van der Waals surface area contributed by atoms with Crippen LogP contribution >= 0.6 is 23.5 Å². The second-order valence-electron chi connectivity index (χ2n) is 11.4. The van der Waals surface area contributed by atoms with E-state index in [0.717, 1.165) is 22.6 Å². The summed E-state index contributed by atoms with van der Waals surface area (Å²) in [6.07, 6.45) is 0.963. The average Bonchev–Trinajstić information content (AvgIpc) is 3.68. The van der Waals surface area contributed by atoms with Crippen molar-refractivity contribution in [2.45, 2.75) is 24.5 Å². The van der Waals surface area contributed by atoms with E-state index >= 15 is 0 Å². The summed E-state index contributed by atoms with van der Waals surface area (Å²) in [7, 11) is 0. The van der Waals surface area contributed by atoms with Gasteiger partial charge in [-0.1, -0.05) is 90.6 Å². The maximum Gasteiger partial charge on any atom is 0.238 e. The molecule has 0 aromatic heterocycles. The van der Waals surface area contributed by atoms with E-state index in [1.165, 1.54) is 26.0 Å². The number of aryl methyl sites for hydroxylation is 1. The molecule has 6 heteroatoms. The Hall–Kier alpha value is -3.22. The lowest BCUT2D eigenvalue weighted by Gasteiger charge is -2.43. The number of thioether (sulfide) groups is 2. The van der Waals surface area contributed by atoms with E-state index in [0.29, 0.717) is 16.9 Å². The van der Waals surface area contributed by atoms with E-state index in [1.54, 1.807) is 11.8 Å². The largest absolute Gasteiger partial charge is 0.344 e. The zero-order valence-corrected chi connectivity index (χ0v) is 23.2. The van der Waals surface area contributed by atoms with Crippen molar-refractivity contribution in [2.24, 2.45) is 29.6 Å². The molecule has 5 aliphatic rings. The molecule has 3 aromatic carbocycles. The van der Waals surface area contributed by atoms with Crippen LogP contribution in [0, 0.1) is 36.5 Å². The highest BCUT2D eigenvalue weighted by Crippen LogP contribution is 2.70. The predicted molar refractivity (Wildman–Crippen MR) is 159 cm³/mol. The van der Waals surface area contributed by atoms with Gasteiger partial charge in [0.15, 0.2) is 0 Å². The number of amides is 2. The van der Waals surface area contributed by atoms with Gasteiger partial charge in [0.2, 0.25) is 11.8 Å². The number of anilines is 1. The number of rotatable bonds is 3. The third-order valence-corrected chi connectivity index (χ3v) is 12.1. The third kappa shape index (κ3) is 3.40. The number of carbonyl (C=O) groups is 2. The summed E-state index contributed by atoms with van der Waals surface area (Å²) in [6, 6.07) is 27.0. The summed E-state index contributed by atoms with van der Waals surface area (Å²) in [5, 5.41) is 6.00. The number of nitrogens with one attached hydrogen (secondary N) is 1. The summed E-state index contributed by atoms with van der Waals surface area (Å²) in [5.41, 5.74) is 5.42. The number of carbonyl (C=O) groups excluding carboxylic acids is 2. The molecule has 3 aromatic rings. The summed E-state index contributed by atoms with van der Waals surface area (Å²) in [4.78, 5) is 30.8. The molecule has 2 saturated carbocycles. The van der Waals surface area contributed by atoms with Gasteiger partial charge in [-0.2, -0.15) is 0 Å². The molecule has 0 spiro atoms. The number of allylic oxidation sites excluding steroid dienone is 1. The minimum Gasteiger partial charge on any atom is -0.344 e. The molecule has 2 bridgehead atoms. The molecule has 4 nitrogen and oxygen atoms in total. The lowest BCUT2D eigenvalue weighted by Crippen LogP contribution is -2.43. The van der Waals surface area contributed by atoms with Crippen molar-refractivity contribution in [3.63, 3.8) is 0 Å². The first-order chi connectivity index (χ1) is 19.0. The average molecular weight is 549 g/mol. The first kappa shape index (κ1) is 23.6. The minimum atomic E-state index is -0.225. The Balaban J connectivity index is 1.14. The van der Waals surface area contributed by atoms with Gasteiger partial charge < -0.3 is 5.32 Å². The van der Waals surface area contributed by atoms with Crippen LogP contribution in [0.15, 0.2) is 100 Å². The number of hydrogen-bond donors (Lipinski definition) is 1. The van der Waals surface area contributed by atoms with E-state index in [9.17, 15) is 9.59 Å². The lowest BCUT2D eigenvalue weighted by molar-refractivity contribution is -0.123. The fourth-order valence-electron chi connectivity index (χ4n) is 8.00. The minimum absolute atomic E-state index is 0.00236. The van der Waals surface area contributed by atoms with Gasteiger partial charge in [0.1, 0.15) is 0 Å². The second kappa shape index (κ2) is 8.64. The predicted octanol–water partition coefficient (Wildman–Crippen LogP) is 6.91. The molecule has 39 heavy (non-hydrogen) atoms. The zero-order valence-electron chi connectivity index (χ0n) is 21.5. The van der Waals surface area contributed by atoms with Crippen LogP contribution in [-0.4, -0.2) is 17.1 Å². The zero-order chi connectivity index (χ0) is 26.4. The van der Waals surface area contributed by atoms with Gasteiger partial charge in [-0.3, -0.25) is 14.5 Å². The molecule has 194 valence electrons. The fraction of sp³-hybridized carbons (Fsp3) is 0.273. The smallest absolute Gasteiger partial charge is 0.238 e. The SMILES string of the molecule is C=C1NC2=C(S1)[C@@H](c1ccccc1)[C@@H]1[C@@H]3C[C@H]([C@@H]1S2)[C@@H]1C(=O)N(c2ccc(-c4cccc(C)c4)cc2)C(=O)[C@H]31. The number of imide groups is 1. The van der Waals surface area contributed by atoms with E-state index in [2.05, 4.69) is 73.4 Å². The van der Waals surface area contributed by atoms with Gasteiger partial charge >= 0.3 is 0 Å². The number of benzene rings is 3. The molecule has 1 saturated heterocycles. The quantitative estimate of drug-likeness (QED) is 0.361. The highest BCUT2D eigenvalue weighted by molar-refractivity contribution is 8.10. The topological polar surface area (TPSA) is 49.4 Å². The van der Waals surface area contributed by atoms with E-state index in [-0.39, 0.29) is 41.4 Å². The van der Waals surface area contributed by atoms with Crippen molar-refractivity contribution >= 4 is 41.0 Å². The molecular formula is C33H28N2O2S2. The van der Waals surface area contributed by atoms with Crippen molar-refractivity contribution in [3.8, 4) is 11.1 Å². The van der Waals surface area contributed by atoms with Gasteiger partial charge in [0.25, 0.3) is 0 Å². The monoisotopic (exact) mass is 548 g/mol. The van der Waals surface area contributed by atoms with Crippen molar-refractivity contribution in [2.75, 3.05) is 4.90 Å². The first-order valence-corrected chi connectivity index (χ1v) is 15.3. The van der Waals surface area contributed by atoms with Gasteiger partial charge in [-0.15, -0.1) is 11.8 Å². The molecule has 0 radical (unpaired) electrons. The van der Waals surface area contributed by atoms with Crippen LogP contribution in [0.1, 0.15) is 23.5 Å². The maximum absolute atomic E-state index is 14.0. The van der Waals surface area contributed by atoms with Crippen LogP contribution in [0.3, 0.4) is 0 Å². The fourth-order valence-corrected chi connectivity index (χ4v) is 11.0. The molecule has 2 amide bonds. The van der Waals surface area contributed by atoms with Crippen molar-refractivity contribution in [1.82, 2.24) is 5.32 Å². The van der Waals surface area contributed by atoms with Crippen LogP contribution in [0.2, 0.25) is 0 Å². The Kier molecular flexibility index (Phi) is 5.24. The Morgan fingerprint density at radius 1 is 0.872 bits per heavy atom. The molecule has 3 fully saturated rings. The van der Waals surface area contributed by atoms with Crippen molar-refractivity contribution < 1.29 is 9.59 Å². The third-order valence-electron chi connectivity index (χ3n) is 9.43. The summed E-state index contributed by atoms with van der Waals surface area (Å²) in [6.45, 7) is 6.27. The van der Waals surface area contributed by atoms with Crippen LogP contribution in [0.4, 0.5) is 5.69 Å². The van der Waals surface area contributed by atoms with E-state index < -0.39 is 0 Å². The van der Waals surface area contributed by atoms with Crippen molar-refractivity contribution in [3.05, 3.63) is 112 Å². The van der Waals surface area contributed by atoms with Crippen LogP contribution in [0.25, 0.3) is 11.1 Å². The Morgan fingerprint density at radius 2 is 1.62 bits per heavy atom. The standard InChI is InChI=1S/C33H28N2O2S2/c1-17-7-6-10-21(15-17)19-11-13-22(14-12-19)35-32(36)27-23-16-24(28(27)33(35)37)29-26(23)25(20-8-4-3-5-9-20)30-31(39-29)34-18(2)38-30/h3-15,23-29,34H,2,16H2,1H3/t23-,24-,25-,26-,27+,28-,29-/m0/s1. The number of hydrogen-bond acceptors (Lipinski definition) is 5. The van der Waals surface area contributed by atoms with Crippen LogP contribution < -0.4 is 10.2 Å². The molecule has 1 N–H and O–H groups in total. The number of nitrogens with zero attached hydrogens (tertiary/aromatic N) is 1. The first-order valence-electron chi connectivity index (χ1n) is 13.6. The Bertz CT molecular complexity index is 1580. The van der Waals surface area contributed by atoms with Gasteiger partial charge in [0.05, 0.1) is 27.6 Å². The summed E-state index contributed by atoms with van der Waals surface area (Å²) in [5.74, 6) is 0.531. The number of fused-ring (bicyclic) bond motifs is 8. The van der Waals surface area contributed by atoms with Gasteiger partial charge in [-0.05, 0) is 59.9 Å². The van der Waals surface area contributed by atoms with Crippen molar-refractivity contribution in [1.29, 1.82) is 0 Å². The molecule has 3 aliphatic heterocycles. The summed E-state index contributed by atoms with van der Waals surface area (Å²) < 4.78 is 0. The Morgan fingerprint density at radius 3 is 2.36 bits per heavy atom. The molecule has 8 rings (SSSR count). The molecule has 0 unspecified atom stereocenters. The molecule has 2 aliphatic carbocycles. The summed E-state index contributed by atoms with van der Waals surface area (Å²) >= 11 is 3.64. The van der Waals surface area contributed by atoms with E-state index in [4.69, 9.17) is 0 Å². The van der Waals surface area contributed by atoms with Crippen LogP contribution in [-0.2, 0) is 9.59 Å². The molecule has 3 heterocycles.